The minimum atomic E-state index is -2.03. The van der Waals surface area contributed by atoms with Gasteiger partial charge in [-0.3, -0.25) is 4.79 Å². The van der Waals surface area contributed by atoms with Crippen molar-refractivity contribution in [3.8, 4) is 0 Å². The van der Waals surface area contributed by atoms with Gasteiger partial charge in [0.2, 0.25) is 0 Å². The van der Waals surface area contributed by atoms with Gasteiger partial charge in [-0.1, -0.05) is 45.4 Å². The molecular formula is C12H24O4. The summed E-state index contributed by atoms with van der Waals surface area (Å²) in [6, 6.07) is 0. The molecule has 16 heavy (non-hydrogen) atoms. The lowest BCUT2D eigenvalue weighted by molar-refractivity contribution is -0.184. The highest BCUT2D eigenvalue weighted by atomic mass is 16.5. The first kappa shape index (κ1) is 15.4. The lowest BCUT2D eigenvalue weighted by Gasteiger charge is -2.19. The number of carboxylic acids is 1. The van der Waals surface area contributed by atoms with Gasteiger partial charge in [0.25, 0.3) is 0 Å². The molecule has 0 aliphatic carbocycles. The third-order valence-electron chi connectivity index (χ3n) is 2.62. The highest BCUT2D eigenvalue weighted by molar-refractivity contribution is 5.67. The molecule has 0 aliphatic rings. The van der Waals surface area contributed by atoms with Crippen molar-refractivity contribution >= 4 is 5.97 Å². The molecule has 0 atom stereocenters. The zero-order chi connectivity index (χ0) is 12.4. The van der Waals surface area contributed by atoms with Crippen molar-refractivity contribution in [2.45, 2.75) is 70.5 Å². The Morgan fingerprint density at radius 3 is 2.00 bits per heavy atom. The van der Waals surface area contributed by atoms with E-state index >= 15 is 0 Å². The molecule has 4 nitrogen and oxygen atoms in total. The fourth-order valence-electron chi connectivity index (χ4n) is 1.70. The molecule has 3 N–H and O–H groups in total. The van der Waals surface area contributed by atoms with Crippen molar-refractivity contribution in [1.29, 1.82) is 0 Å². The highest BCUT2D eigenvalue weighted by Gasteiger charge is 2.25. The van der Waals surface area contributed by atoms with Crippen LogP contribution in [-0.4, -0.2) is 27.1 Å². The third-order valence-corrected chi connectivity index (χ3v) is 2.62. The minimum Gasteiger partial charge on any atom is -0.481 e. The fourth-order valence-corrected chi connectivity index (χ4v) is 1.70. The Morgan fingerprint density at radius 2 is 1.50 bits per heavy atom. The molecule has 0 saturated heterocycles. The molecule has 0 amide bonds. The van der Waals surface area contributed by atoms with E-state index in [-0.39, 0.29) is 6.42 Å². The second-order valence-corrected chi connectivity index (χ2v) is 4.42. The van der Waals surface area contributed by atoms with Gasteiger partial charge in [-0.2, -0.15) is 0 Å². The predicted octanol–water partition coefficient (Wildman–Crippen LogP) is 2.28. The molecule has 0 aromatic rings. The van der Waals surface area contributed by atoms with Gasteiger partial charge in [-0.25, -0.2) is 0 Å². The summed E-state index contributed by atoms with van der Waals surface area (Å²) in [5.41, 5.74) is 0. The number of hydrogen-bond acceptors (Lipinski definition) is 3. The molecule has 0 rings (SSSR count). The van der Waals surface area contributed by atoms with Crippen molar-refractivity contribution in [3.63, 3.8) is 0 Å². The van der Waals surface area contributed by atoms with Gasteiger partial charge in [-0.05, 0) is 6.42 Å². The molecule has 0 aromatic carbocycles. The smallest absolute Gasteiger partial charge is 0.308 e. The van der Waals surface area contributed by atoms with Crippen LogP contribution in [0.5, 0.6) is 0 Å². The van der Waals surface area contributed by atoms with Crippen LogP contribution in [0.25, 0.3) is 0 Å². The number of carbonyl (C=O) groups is 1. The van der Waals surface area contributed by atoms with Gasteiger partial charge in [0, 0.05) is 6.42 Å². The van der Waals surface area contributed by atoms with E-state index in [0.717, 1.165) is 12.8 Å². The Labute approximate surface area is 97.3 Å². The largest absolute Gasteiger partial charge is 0.481 e. The summed E-state index contributed by atoms with van der Waals surface area (Å²) < 4.78 is 0. The van der Waals surface area contributed by atoms with E-state index in [0.29, 0.717) is 6.42 Å². The maximum atomic E-state index is 10.3. The summed E-state index contributed by atoms with van der Waals surface area (Å²) in [7, 11) is 0. The molecule has 0 heterocycles. The molecule has 0 unspecified atom stereocenters. The second-order valence-electron chi connectivity index (χ2n) is 4.42. The number of rotatable bonds is 10. The van der Waals surface area contributed by atoms with Crippen LogP contribution < -0.4 is 0 Å². The highest BCUT2D eigenvalue weighted by Crippen LogP contribution is 2.17. The van der Waals surface area contributed by atoms with Crippen LogP contribution in [0, 0.1) is 0 Å². The number of unbranched alkanes of at least 4 members (excludes halogenated alkanes) is 6. The zero-order valence-corrected chi connectivity index (χ0v) is 10.1. The first-order valence-corrected chi connectivity index (χ1v) is 6.14. The van der Waals surface area contributed by atoms with E-state index < -0.39 is 18.2 Å². The summed E-state index contributed by atoms with van der Waals surface area (Å²) in [6.07, 6.45) is 7.13. The van der Waals surface area contributed by atoms with Crippen LogP contribution in [0.4, 0.5) is 0 Å². The van der Waals surface area contributed by atoms with E-state index in [4.69, 9.17) is 5.11 Å². The van der Waals surface area contributed by atoms with Gasteiger partial charge < -0.3 is 15.3 Å². The van der Waals surface area contributed by atoms with Crippen LogP contribution in [0.1, 0.15) is 64.7 Å². The van der Waals surface area contributed by atoms with Crippen LogP contribution in [0.3, 0.4) is 0 Å². The lowest BCUT2D eigenvalue weighted by atomic mass is 10.0. The van der Waals surface area contributed by atoms with Crippen LogP contribution in [-0.2, 0) is 4.79 Å². The Balaban J connectivity index is 3.39. The maximum absolute atomic E-state index is 10.3. The average Bonchev–Trinajstić information content (AvgIpc) is 2.14. The number of carboxylic acid groups (broad SMARTS) is 1. The Bertz CT molecular complexity index is 189. The Morgan fingerprint density at radius 1 is 1.00 bits per heavy atom. The molecule has 0 fully saturated rings. The van der Waals surface area contributed by atoms with E-state index in [2.05, 4.69) is 6.92 Å². The molecule has 0 bridgehead atoms. The van der Waals surface area contributed by atoms with Crippen molar-refractivity contribution in [2.75, 3.05) is 0 Å². The fraction of sp³-hybridized carbons (Fsp3) is 0.917. The third kappa shape index (κ3) is 9.93. The monoisotopic (exact) mass is 232 g/mol. The zero-order valence-electron chi connectivity index (χ0n) is 10.1. The Hall–Kier alpha value is -0.610. The first-order valence-electron chi connectivity index (χ1n) is 6.14. The maximum Gasteiger partial charge on any atom is 0.308 e. The number of hydrogen-bond donors (Lipinski definition) is 3. The Kier molecular flexibility index (Phi) is 8.21. The normalized spacial score (nSPS) is 11.7. The van der Waals surface area contributed by atoms with E-state index in [1.54, 1.807) is 0 Å². The topological polar surface area (TPSA) is 77.8 Å². The first-order chi connectivity index (χ1) is 7.48. The SMILES string of the molecule is CCCCCCCCCC(O)(O)CC(=O)O. The van der Waals surface area contributed by atoms with Crippen molar-refractivity contribution < 1.29 is 20.1 Å². The number of aliphatic hydroxyl groups is 2. The molecule has 4 heteroatoms. The van der Waals surface area contributed by atoms with Crippen molar-refractivity contribution in [2.24, 2.45) is 0 Å². The average molecular weight is 232 g/mol. The van der Waals surface area contributed by atoms with Crippen molar-refractivity contribution in [3.05, 3.63) is 0 Å². The molecule has 0 saturated carbocycles. The molecule has 0 aromatic heterocycles. The van der Waals surface area contributed by atoms with Gasteiger partial charge in [0.05, 0.1) is 6.42 Å². The van der Waals surface area contributed by atoms with Crippen LogP contribution in [0.15, 0.2) is 0 Å². The van der Waals surface area contributed by atoms with Crippen LogP contribution in [0.2, 0.25) is 0 Å². The standard InChI is InChI=1S/C12H24O4/c1-2-3-4-5-6-7-8-9-12(15,16)10-11(13)14/h15-16H,2-10H2,1H3,(H,13,14). The summed E-state index contributed by atoms with van der Waals surface area (Å²) in [5.74, 6) is -3.21. The van der Waals surface area contributed by atoms with Crippen molar-refractivity contribution in [1.82, 2.24) is 0 Å². The quantitative estimate of drug-likeness (QED) is 0.399. The predicted molar refractivity (Wildman–Crippen MR) is 62.0 cm³/mol. The van der Waals surface area contributed by atoms with E-state index in [1.165, 1.54) is 25.7 Å². The summed E-state index contributed by atoms with van der Waals surface area (Å²) in [6.45, 7) is 2.16. The number of aliphatic carboxylic acids is 1. The lowest BCUT2D eigenvalue weighted by Crippen LogP contribution is -2.31. The van der Waals surface area contributed by atoms with Gasteiger partial charge in [0.15, 0.2) is 5.79 Å². The summed E-state index contributed by atoms with van der Waals surface area (Å²) in [5, 5.41) is 27.0. The van der Waals surface area contributed by atoms with Gasteiger partial charge in [-0.15, -0.1) is 0 Å². The molecule has 0 spiro atoms. The molecule has 0 radical (unpaired) electrons. The van der Waals surface area contributed by atoms with E-state index in [1.807, 2.05) is 0 Å². The van der Waals surface area contributed by atoms with E-state index in [9.17, 15) is 15.0 Å². The molecular weight excluding hydrogens is 208 g/mol. The van der Waals surface area contributed by atoms with Crippen LogP contribution >= 0.6 is 0 Å². The second kappa shape index (κ2) is 8.53. The molecule has 0 aliphatic heterocycles. The molecule has 96 valence electrons. The van der Waals surface area contributed by atoms with Gasteiger partial charge >= 0.3 is 5.97 Å². The minimum absolute atomic E-state index is 0.146. The summed E-state index contributed by atoms with van der Waals surface area (Å²) >= 11 is 0. The summed E-state index contributed by atoms with van der Waals surface area (Å²) in [4.78, 5) is 10.3. The van der Waals surface area contributed by atoms with Gasteiger partial charge in [0.1, 0.15) is 0 Å².